The van der Waals surface area contributed by atoms with Gasteiger partial charge in [-0.3, -0.25) is 4.99 Å². The third kappa shape index (κ3) is 4.27. The third-order valence-corrected chi connectivity index (χ3v) is 9.52. The van der Waals surface area contributed by atoms with Crippen LogP contribution in [0.3, 0.4) is 0 Å². The molecule has 48 heavy (non-hydrogen) atoms. The summed E-state index contributed by atoms with van der Waals surface area (Å²) in [6.07, 6.45) is 2.97. The van der Waals surface area contributed by atoms with Gasteiger partial charge in [0, 0.05) is 21.7 Å². The van der Waals surface area contributed by atoms with Gasteiger partial charge in [-0.1, -0.05) is 121 Å². The van der Waals surface area contributed by atoms with Gasteiger partial charge in [-0.15, -0.1) is 0 Å². The second-order valence-electron chi connectivity index (χ2n) is 12.3. The van der Waals surface area contributed by atoms with E-state index >= 15 is 0 Å². The number of hydrogen-bond acceptors (Lipinski definition) is 4. The quantitative estimate of drug-likeness (QED) is 0.213. The van der Waals surface area contributed by atoms with Crippen molar-refractivity contribution in [1.82, 2.24) is 5.32 Å². The lowest BCUT2D eigenvalue weighted by atomic mass is 9.89. The van der Waals surface area contributed by atoms with Gasteiger partial charge in [-0.2, -0.15) is 6.20 Å². The first kappa shape index (κ1) is 27.0. The van der Waals surface area contributed by atoms with Crippen LogP contribution in [-0.2, 0) is 0 Å². The molecule has 6 heteroatoms. The Morgan fingerprint density at radius 1 is 0.604 bits per heavy atom. The summed E-state index contributed by atoms with van der Waals surface area (Å²) in [5, 5.41) is 19.7. The van der Waals surface area contributed by atoms with E-state index < -0.39 is 12.3 Å². The topological polar surface area (TPSA) is 78.9 Å². The normalized spacial score (nSPS) is 18.9. The minimum absolute atomic E-state index is 0.264. The van der Waals surface area contributed by atoms with E-state index in [9.17, 15) is 0 Å². The predicted octanol–water partition coefficient (Wildman–Crippen LogP) is 11.1. The van der Waals surface area contributed by atoms with E-state index in [-0.39, 0.29) is 6.04 Å². The lowest BCUT2D eigenvalue weighted by molar-refractivity contribution is 0.594. The van der Waals surface area contributed by atoms with E-state index in [1.165, 1.54) is 5.39 Å². The molecule has 0 spiro atoms. The summed E-state index contributed by atoms with van der Waals surface area (Å²) < 4.78 is 12.7. The molecule has 0 saturated heterocycles. The minimum atomic E-state index is -0.468. The van der Waals surface area contributed by atoms with Crippen LogP contribution < -0.4 is 5.32 Å². The van der Waals surface area contributed by atoms with Crippen LogP contribution in [0.4, 0.5) is 0 Å². The first-order chi connectivity index (χ1) is 23.8. The Balaban J connectivity index is 1.12. The van der Waals surface area contributed by atoms with Crippen LogP contribution in [0, 0.1) is 0 Å². The van der Waals surface area contributed by atoms with Crippen molar-refractivity contribution in [3.63, 3.8) is 0 Å². The van der Waals surface area contributed by atoms with Crippen LogP contribution in [0.1, 0.15) is 52.0 Å². The smallest absolute Gasteiger partial charge is 0.135 e. The minimum Gasteiger partial charge on any atom is -0.680 e. The molecule has 6 aromatic carbocycles. The zero-order valence-electron chi connectivity index (χ0n) is 25.7. The highest BCUT2D eigenvalue weighted by molar-refractivity contribution is 6.07. The molecule has 0 bridgehead atoms. The molecule has 1 N–H and O–H groups in total. The fraction of sp³-hybridized carbons (Fsp3) is 0.0714. The Hall–Kier alpha value is -6.11. The number of rotatable bonds is 4. The van der Waals surface area contributed by atoms with Gasteiger partial charge < -0.3 is 24.8 Å². The number of fused-ring (bicyclic) bond motifs is 7. The van der Waals surface area contributed by atoms with Crippen molar-refractivity contribution in [2.45, 2.75) is 18.4 Å². The third-order valence-electron chi connectivity index (χ3n) is 9.52. The molecule has 0 saturated carbocycles. The Morgan fingerprint density at radius 3 is 2.23 bits per heavy atom. The van der Waals surface area contributed by atoms with Crippen molar-refractivity contribution < 1.29 is 8.83 Å². The Bertz CT molecular complexity index is 2580. The monoisotopic (exact) mass is 620 g/mol. The molecule has 4 heterocycles. The summed E-state index contributed by atoms with van der Waals surface area (Å²) in [4.78, 5) is 5.22. The summed E-state index contributed by atoms with van der Waals surface area (Å²) in [7, 11) is 0. The van der Waals surface area contributed by atoms with Gasteiger partial charge >= 0.3 is 0 Å². The number of nitrogens with zero attached hydrogens (tertiary/aromatic N) is 3. The number of para-hydroxylation sites is 1. The highest BCUT2D eigenvalue weighted by atomic mass is 16.3. The molecule has 2 aliphatic rings. The Kier molecular flexibility index (Phi) is 6.04. The van der Waals surface area contributed by atoms with Crippen LogP contribution in [0.15, 0.2) is 153 Å². The van der Waals surface area contributed by atoms with Gasteiger partial charge in [-0.25, -0.2) is 0 Å². The van der Waals surface area contributed by atoms with Crippen LogP contribution in [0.2, 0.25) is 0 Å². The molecular formula is C42H28N4O2-2. The van der Waals surface area contributed by atoms with Crippen molar-refractivity contribution in [2.75, 3.05) is 0 Å². The van der Waals surface area contributed by atoms with Crippen LogP contribution in [0.25, 0.3) is 60.4 Å². The average molecular weight is 621 g/mol. The zero-order valence-corrected chi connectivity index (χ0v) is 25.7. The SMILES string of the molecule is C1=Cc2oc3cc4ccccc4cc3c2C(c2ccccc2C2[N-]C(c3cccc4oc5ccccc5c34)N=C(c3ccccc3)N2)[N-]1. The van der Waals surface area contributed by atoms with E-state index in [1.807, 2.05) is 60.8 Å². The molecule has 2 aromatic heterocycles. The van der Waals surface area contributed by atoms with Crippen molar-refractivity contribution in [2.24, 2.45) is 4.99 Å². The van der Waals surface area contributed by atoms with Gasteiger partial charge in [0.05, 0.1) is 0 Å². The lowest BCUT2D eigenvalue weighted by Crippen LogP contribution is -2.34. The van der Waals surface area contributed by atoms with Crippen molar-refractivity contribution >= 4 is 55.6 Å². The number of furan rings is 2. The molecule has 2 aliphatic heterocycles. The van der Waals surface area contributed by atoms with Crippen molar-refractivity contribution in [3.8, 4) is 0 Å². The Morgan fingerprint density at radius 2 is 1.33 bits per heavy atom. The van der Waals surface area contributed by atoms with E-state index in [0.29, 0.717) is 0 Å². The van der Waals surface area contributed by atoms with Crippen molar-refractivity contribution in [1.29, 1.82) is 0 Å². The number of nitrogens with one attached hydrogen (secondary N) is 1. The number of hydrogen-bond donors (Lipinski definition) is 1. The van der Waals surface area contributed by atoms with E-state index in [0.717, 1.165) is 77.7 Å². The van der Waals surface area contributed by atoms with Gasteiger partial charge in [0.2, 0.25) is 0 Å². The molecule has 0 radical (unpaired) electrons. The molecule has 3 atom stereocenters. The maximum atomic E-state index is 6.44. The van der Waals surface area contributed by atoms with E-state index in [2.05, 4.69) is 90.2 Å². The van der Waals surface area contributed by atoms with Crippen LogP contribution in [-0.4, -0.2) is 5.84 Å². The maximum absolute atomic E-state index is 6.44. The lowest BCUT2D eigenvalue weighted by Gasteiger charge is -2.46. The van der Waals surface area contributed by atoms with Gasteiger partial charge in [-0.05, 0) is 70.1 Å². The summed E-state index contributed by atoms with van der Waals surface area (Å²) in [6, 6.07) is 45.5. The largest absolute Gasteiger partial charge is 0.680 e. The first-order valence-corrected chi connectivity index (χ1v) is 16.2. The van der Waals surface area contributed by atoms with Gasteiger partial charge in [0.25, 0.3) is 0 Å². The van der Waals surface area contributed by atoms with Gasteiger partial charge in [0.15, 0.2) is 0 Å². The summed E-state index contributed by atoms with van der Waals surface area (Å²) >= 11 is 0. The van der Waals surface area contributed by atoms with Crippen molar-refractivity contribution in [3.05, 3.63) is 184 Å². The highest BCUT2D eigenvalue weighted by Gasteiger charge is 2.25. The van der Waals surface area contributed by atoms with Crippen LogP contribution in [0.5, 0.6) is 0 Å². The van der Waals surface area contributed by atoms with E-state index in [4.69, 9.17) is 24.5 Å². The second kappa shape index (κ2) is 10.7. The number of aliphatic imine (C=N–C) groups is 1. The summed E-state index contributed by atoms with van der Waals surface area (Å²) in [5.41, 5.74) is 7.74. The maximum Gasteiger partial charge on any atom is 0.135 e. The first-order valence-electron chi connectivity index (χ1n) is 16.2. The molecule has 0 amide bonds. The summed E-state index contributed by atoms with van der Waals surface area (Å²) in [6.45, 7) is 0. The van der Waals surface area contributed by atoms with Gasteiger partial charge in [0.1, 0.15) is 28.3 Å². The molecule has 0 fully saturated rings. The Labute approximate surface area is 276 Å². The highest BCUT2D eigenvalue weighted by Crippen LogP contribution is 2.48. The number of amidine groups is 1. The van der Waals surface area contributed by atoms with Crippen LogP contribution >= 0.6 is 0 Å². The predicted molar refractivity (Wildman–Crippen MR) is 193 cm³/mol. The molecule has 8 aromatic rings. The molecule has 3 unspecified atom stereocenters. The second-order valence-corrected chi connectivity index (χ2v) is 12.3. The van der Waals surface area contributed by atoms with E-state index in [1.54, 1.807) is 0 Å². The number of benzene rings is 6. The molecule has 230 valence electrons. The average Bonchev–Trinajstić information content (AvgIpc) is 3.72. The summed E-state index contributed by atoms with van der Waals surface area (Å²) in [5.74, 6) is 1.63. The molecule has 6 nitrogen and oxygen atoms in total. The zero-order chi connectivity index (χ0) is 31.6. The fourth-order valence-electron chi connectivity index (χ4n) is 7.32. The standard InChI is InChI=1S/C42H28N4O2/c1-2-11-25(12-3-1)40-44-41(46-42(45-40)31-18-10-20-34-37(31)30-17-8-9-19-33(30)47-34)29-16-7-6-15-28(29)39-38-32-23-26-13-4-5-14-27(26)24-36(32)48-35(38)21-22-43-39/h1-24,39,41-42H,(H,44,45)/q-2. The molecular weight excluding hydrogens is 592 g/mol. The molecule has 0 aliphatic carbocycles. The fourth-order valence-corrected chi connectivity index (χ4v) is 7.32. The molecule has 10 rings (SSSR count).